The molecule has 6 aliphatic rings. The summed E-state index contributed by atoms with van der Waals surface area (Å²) in [6.45, 7) is 31.2. The number of ether oxygens (including phenoxy) is 35. The van der Waals surface area contributed by atoms with Gasteiger partial charge in [0.05, 0.1) is 304 Å². The van der Waals surface area contributed by atoms with Gasteiger partial charge in [0.15, 0.2) is 69.0 Å². The van der Waals surface area contributed by atoms with Crippen LogP contribution in [0.25, 0.3) is 0 Å². The van der Waals surface area contributed by atoms with Gasteiger partial charge in [-0.25, -0.2) is 0 Å². The van der Waals surface area contributed by atoms with E-state index in [1.807, 2.05) is 146 Å². The highest BCUT2D eigenvalue weighted by molar-refractivity contribution is 5.43. The zero-order chi connectivity index (χ0) is 89.7. The van der Waals surface area contributed by atoms with Crippen molar-refractivity contribution in [3.8, 4) is 69.0 Å². The molecule has 35 heteroatoms. The second-order valence-electron chi connectivity index (χ2n) is 26.9. The molecule has 35 nitrogen and oxygen atoms in total. The average Bonchev–Trinajstić information content (AvgIpc) is 1.65. The lowest BCUT2D eigenvalue weighted by Crippen LogP contribution is -2.16. The fraction of sp³-hybridized carbons (Fsp3) is 0.617. The Morgan fingerprint density at radius 1 is 0.0775 bits per heavy atom. The van der Waals surface area contributed by atoms with E-state index >= 15 is 0 Å². The molecular formula is C94H140O35. The van der Waals surface area contributed by atoms with E-state index in [1.54, 1.807) is 0 Å². The summed E-state index contributed by atoms with van der Waals surface area (Å²) in [5.74, 6) is 8.38. The predicted octanol–water partition coefficient (Wildman–Crippen LogP) is 9.13. The molecule has 0 aromatic heterocycles. The molecule has 6 heterocycles. The molecule has 3 saturated heterocycles. The lowest BCUT2D eigenvalue weighted by molar-refractivity contribution is -0.0334. The summed E-state index contributed by atoms with van der Waals surface area (Å²) in [5, 5.41) is 0. The van der Waals surface area contributed by atoms with Crippen LogP contribution in [0.2, 0.25) is 0 Å². The van der Waals surface area contributed by atoms with Crippen LogP contribution in [0, 0.1) is 0 Å². The van der Waals surface area contributed by atoms with Gasteiger partial charge in [0.25, 0.3) is 0 Å². The van der Waals surface area contributed by atoms with E-state index in [0.717, 1.165) is 0 Å². The van der Waals surface area contributed by atoms with Crippen molar-refractivity contribution < 1.29 is 166 Å². The summed E-state index contributed by atoms with van der Waals surface area (Å²) in [7, 11) is 0. The highest BCUT2D eigenvalue weighted by Gasteiger charge is 2.14. The first-order valence-corrected chi connectivity index (χ1v) is 44.7. The summed E-state index contributed by atoms with van der Waals surface area (Å²) >= 11 is 0. The Kier molecular flexibility index (Phi) is 67.7. The molecule has 6 aliphatic heterocycles. The zero-order valence-electron chi connectivity index (χ0n) is 75.2. The van der Waals surface area contributed by atoms with Gasteiger partial charge in [-0.3, -0.25) is 0 Å². The number of fused-ring (bicyclic) bond motifs is 6. The Morgan fingerprint density at radius 3 is 0.202 bits per heavy atom. The van der Waals surface area contributed by atoms with Gasteiger partial charge in [-0.2, -0.15) is 0 Å². The summed E-state index contributed by atoms with van der Waals surface area (Å²) < 4.78 is 192. The Bertz CT molecular complexity index is 3050. The minimum absolute atomic E-state index is 0.397. The van der Waals surface area contributed by atoms with Crippen LogP contribution < -0.4 is 56.8 Å². The third-order valence-corrected chi connectivity index (χ3v) is 17.2. The minimum Gasteiger partial charge on any atom is -0.487 e. The van der Waals surface area contributed by atoms with E-state index < -0.39 is 0 Å². The third-order valence-electron chi connectivity index (χ3n) is 17.2. The van der Waals surface area contributed by atoms with Gasteiger partial charge in [-0.15, -0.1) is 0 Å². The second kappa shape index (κ2) is 80.8. The van der Waals surface area contributed by atoms with Crippen molar-refractivity contribution in [3.63, 3.8) is 0 Å². The molecule has 0 saturated carbocycles. The van der Waals surface area contributed by atoms with Crippen LogP contribution >= 0.6 is 0 Å². The highest BCUT2D eigenvalue weighted by atomic mass is 16.6. The Balaban J connectivity index is 0.000000214. The molecular weight excluding hydrogens is 1690 g/mol. The first kappa shape index (κ1) is 108. The molecule has 0 bridgehead atoms. The van der Waals surface area contributed by atoms with Gasteiger partial charge in [0.1, 0.15) is 79.3 Å². The maximum atomic E-state index is 5.80. The quantitative estimate of drug-likeness (QED) is 0.137. The molecule has 0 amide bonds. The first-order valence-electron chi connectivity index (χ1n) is 44.7. The largest absolute Gasteiger partial charge is 0.487 e. The van der Waals surface area contributed by atoms with Crippen molar-refractivity contribution in [3.05, 3.63) is 146 Å². The molecule has 0 radical (unpaired) electrons. The minimum atomic E-state index is 0.397. The number of benzene rings is 6. The van der Waals surface area contributed by atoms with Gasteiger partial charge in [-0.05, 0) is 72.8 Å². The number of rotatable bonds is 0. The van der Waals surface area contributed by atoms with Crippen LogP contribution in [0.5, 0.6) is 69.0 Å². The van der Waals surface area contributed by atoms with Crippen molar-refractivity contribution in [2.45, 2.75) is 0 Å². The Hall–Kier alpha value is -8.00. The summed E-state index contributed by atoms with van der Waals surface area (Å²) in [4.78, 5) is 0. The summed E-state index contributed by atoms with van der Waals surface area (Å²) in [6, 6.07) is 45.5. The van der Waals surface area contributed by atoms with Crippen LogP contribution in [-0.4, -0.2) is 383 Å². The maximum Gasteiger partial charge on any atom is 0.161 e. The van der Waals surface area contributed by atoms with Crippen molar-refractivity contribution in [2.24, 2.45) is 0 Å². The number of para-hydroxylation sites is 12. The van der Waals surface area contributed by atoms with Crippen LogP contribution in [0.3, 0.4) is 0 Å². The second-order valence-corrected chi connectivity index (χ2v) is 26.9. The van der Waals surface area contributed by atoms with Crippen LogP contribution in [-0.2, 0) is 109 Å². The van der Waals surface area contributed by atoms with E-state index in [2.05, 4.69) is 0 Å². The SMILES string of the molecule is C1COCCOCCOCCOCCO1.C1COCCOCCOCCOCCOCCO1.C1COCCOCCOCCOCCOCCOCCO1.c1ccc2c(c1)OCCOCCOCCOc1ccccc1OCCO2.c1ccc2c(c1)OCCOCCOc1ccccc1OCCO2.c1ccc2c(c1)OCCOCCOc1ccccc1OCCOCCO2. The van der Waals surface area contributed by atoms with E-state index in [4.69, 9.17) is 166 Å². The van der Waals surface area contributed by atoms with Crippen molar-refractivity contribution in [1.82, 2.24) is 0 Å². The van der Waals surface area contributed by atoms with E-state index in [1.165, 1.54) is 0 Å². The smallest absolute Gasteiger partial charge is 0.161 e. The molecule has 0 aliphatic carbocycles. The van der Waals surface area contributed by atoms with Crippen LogP contribution in [0.4, 0.5) is 0 Å². The fourth-order valence-electron chi connectivity index (χ4n) is 11.0. The van der Waals surface area contributed by atoms with Gasteiger partial charge >= 0.3 is 0 Å². The van der Waals surface area contributed by atoms with Crippen LogP contribution in [0.15, 0.2) is 146 Å². The highest BCUT2D eigenvalue weighted by Crippen LogP contribution is 2.32. The molecule has 129 heavy (non-hydrogen) atoms. The first-order chi connectivity index (χ1) is 64.3. The monoisotopic (exact) mass is 1830 g/mol. The van der Waals surface area contributed by atoms with Crippen LogP contribution in [0.1, 0.15) is 0 Å². The molecule has 6 aromatic rings. The van der Waals surface area contributed by atoms with Crippen molar-refractivity contribution in [1.29, 1.82) is 0 Å². The predicted molar refractivity (Wildman–Crippen MR) is 473 cm³/mol. The third kappa shape index (κ3) is 58.5. The molecule has 12 rings (SSSR count). The van der Waals surface area contributed by atoms with E-state index in [-0.39, 0.29) is 0 Å². The molecule has 0 atom stereocenters. The fourth-order valence-corrected chi connectivity index (χ4v) is 11.0. The van der Waals surface area contributed by atoms with Gasteiger partial charge in [-0.1, -0.05) is 72.8 Å². The van der Waals surface area contributed by atoms with Gasteiger partial charge < -0.3 is 166 Å². The lowest BCUT2D eigenvalue weighted by Gasteiger charge is -2.15. The average molecular weight is 1830 g/mol. The molecule has 726 valence electrons. The van der Waals surface area contributed by atoms with Crippen molar-refractivity contribution in [2.75, 3.05) is 383 Å². The molecule has 0 unspecified atom stereocenters. The molecule has 6 aromatic carbocycles. The Labute approximate surface area is 760 Å². The van der Waals surface area contributed by atoms with Crippen molar-refractivity contribution >= 4 is 0 Å². The molecule has 3 fully saturated rings. The number of hydrogen-bond donors (Lipinski definition) is 0. The maximum absolute atomic E-state index is 5.80. The normalized spacial score (nSPS) is 19.7. The molecule has 0 N–H and O–H groups in total. The number of hydrogen-bond acceptors (Lipinski definition) is 35. The standard InChI is InChI=1S/2C20H24O6.C18H20O5.C14H28O7.C12H24O6.C10H20O5/c1-3-7-19-17(5-1)23-13-11-21-9-10-22-12-14-24-18-6-2-4-8-20(18)26-16-15-25-19;1-2-6-18-17(5-1)23-13-9-21-11-15-25-19-7-3-4-8-20(19)26-16-12-22-10-14-24-18;1-3-7-17-15(5-1)20-11-9-19-10-12-21-16-6-2-4-8-18(16)23-14-13-22-17;1-2-16-5-6-18-9-10-20-13-14-21-12-11-19-8-7-17-4-3-15-1;1-2-14-5-6-16-9-10-18-12-11-17-8-7-15-4-3-13-1;1-2-12-5-6-14-9-10-15-8-7-13-4-3-11-1/h2*1-8H,9-16H2;1-8H,9-14H2;1-14H2;1-12H2;1-10H2. The van der Waals surface area contributed by atoms with Gasteiger partial charge in [0, 0.05) is 0 Å². The Morgan fingerprint density at radius 2 is 0.132 bits per heavy atom. The molecule has 0 spiro atoms. The van der Waals surface area contributed by atoms with E-state index in [0.29, 0.717) is 452 Å². The zero-order valence-corrected chi connectivity index (χ0v) is 75.2. The topological polar surface area (TPSA) is 323 Å². The summed E-state index contributed by atoms with van der Waals surface area (Å²) in [5.41, 5.74) is 0. The van der Waals surface area contributed by atoms with Gasteiger partial charge in [0.2, 0.25) is 0 Å². The van der Waals surface area contributed by atoms with E-state index in [9.17, 15) is 0 Å². The lowest BCUT2D eigenvalue weighted by atomic mass is 10.3. The summed E-state index contributed by atoms with van der Waals surface area (Å²) in [6.07, 6.45) is 0.